The molecule has 1 aromatic carbocycles. The van der Waals surface area contributed by atoms with Crippen LogP contribution in [0, 0.1) is 0 Å². The van der Waals surface area contributed by atoms with Crippen LogP contribution in [-0.2, 0) is 11.2 Å². The molecular weight excluding hydrogens is 449 g/mol. The first kappa shape index (κ1) is 22.1. The number of hydrogen-bond donors (Lipinski definition) is 0. The minimum Gasteiger partial charge on any atom is -0.493 e. The normalized spacial score (nSPS) is 11.6. The third-order valence-corrected chi connectivity index (χ3v) is 5.96. The zero-order valence-corrected chi connectivity index (χ0v) is 18.4. The number of aldehydes is 1. The molecule has 30 heavy (non-hydrogen) atoms. The van der Waals surface area contributed by atoms with Gasteiger partial charge in [-0.3, -0.25) is 9.78 Å². The van der Waals surface area contributed by atoms with E-state index in [1.54, 1.807) is 30.3 Å². The summed E-state index contributed by atoms with van der Waals surface area (Å²) >= 11 is 13.6. The number of methoxy groups -OCH3 is 2. The van der Waals surface area contributed by atoms with E-state index in [1.807, 2.05) is 0 Å². The maximum absolute atomic E-state index is 12.7. The van der Waals surface area contributed by atoms with Gasteiger partial charge in [-0.05, 0) is 35.4 Å². The molecule has 0 spiro atoms. The van der Waals surface area contributed by atoms with Gasteiger partial charge >= 0.3 is 5.97 Å². The minimum atomic E-state index is -0.725. The molecule has 0 unspecified atom stereocenters. The SMILES string of the molecule is COc1ccc([C@@H](Cc2c(Cl)cncc2Cl)OC(=O)c2ccc(C=O)s2)cc1OC. The second kappa shape index (κ2) is 9.93. The van der Waals surface area contributed by atoms with E-state index in [-0.39, 0.29) is 6.42 Å². The average molecular weight is 466 g/mol. The number of carbonyl (C=O) groups is 2. The number of thiophene rings is 1. The predicted molar refractivity (Wildman–Crippen MR) is 115 cm³/mol. The molecule has 0 radical (unpaired) electrons. The smallest absolute Gasteiger partial charge is 0.348 e. The fraction of sp³-hybridized carbons (Fsp3) is 0.190. The monoisotopic (exact) mass is 465 g/mol. The minimum absolute atomic E-state index is 0.216. The fourth-order valence-electron chi connectivity index (χ4n) is 2.81. The Balaban J connectivity index is 1.97. The van der Waals surface area contributed by atoms with Crippen molar-refractivity contribution in [3.8, 4) is 11.5 Å². The summed E-state index contributed by atoms with van der Waals surface area (Å²) in [6.45, 7) is 0. The third-order valence-electron chi connectivity index (χ3n) is 4.31. The molecule has 6 nitrogen and oxygen atoms in total. The number of benzene rings is 1. The standard InChI is InChI=1S/C21H17Cl2NO5S/c1-27-17-5-3-12(7-19(17)28-2)18(8-14-15(22)9-24-10-16(14)23)29-21(26)20-6-4-13(11-25)30-20/h3-7,9-11,18H,8H2,1-2H3/t18-/m1/s1. The lowest BCUT2D eigenvalue weighted by atomic mass is 10.0. The van der Waals surface area contributed by atoms with Crippen molar-refractivity contribution in [3.05, 3.63) is 73.7 Å². The van der Waals surface area contributed by atoms with Crippen LogP contribution in [0.4, 0.5) is 0 Å². The highest BCUT2D eigenvalue weighted by Crippen LogP contribution is 2.35. The van der Waals surface area contributed by atoms with Crippen LogP contribution in [0.25, 0.3) is 0 Å². The lowest BCUT2D eigenvalue weighted by molar-refractivity contribution is 0.0303. The fourth-order valence-corrected chi connectivity index (χ4v) is 4.04. The molecule has 9 heteroatoms. The second-order valence-corrected chi connectivity index (χ2v) is 8.04. The summed E-state index contributed by atoms with van der Waals surface area (Å²) in [5.41, 5.74) is 1.26. The number of carbonyl (C=O) groups excluding carboxylic acids is 2. The largest absolute Gasteiger partial charge is 0.493 e. The summed E-state index contributed by atoms with van der Waals surface area (Å²) in [5, 5.41) is 0.729. The molecule has 2 heterocycles. The van der Waals surface area contributed by atoms with E-state index in [0.717, 1.165) is 11.3 Å². The van der Waals surface area contributed by atoms with Gasteiger partial charge in [0.25, 0.3) is 0 Å². The summed E-state index contributed by atoms with van der Waals surface area (Å²) in [6, 6.07) is 8.34. The Labute approximate surface area is 187 Å². The molecule has 0 saturated carbocycles. The Morgan fingerprint density at radius 1 is 1.10 bits per heavy atom. The van der Waals surface area contributed by atoms with Crippen LogP contribution in [0.2, 0.25) is 10.0 Å². The maximum atomic E-state index is 12.7. The van der Waals surface area contributed by atoms with E-state index in [9.17, 15) is 9.59 Å². The Morgan fingerprint density at radius 3 is 2.40 bits per heavy atom. The summed E-state index contributed by atoms with van der Waals surface area (Å²) in [4.78, 5) is 28.4. The van der Waals surface area contributed by atoms with Crippen molar-refractivity contribution in [2.24, 2.45) is 0 Å². The van der Waals surface area contributed by atoms with Crippen LogP contribution in [0.1, 0.15) is 36.6 Å². The molecule has 0 N–H and O–H groups in total. The highest BCUT2D eigenvalue weighted by atomic mass is 35.5. The first-order valence-electron chi connectivity index (χ1n) is 8.72. The number of esters is 1. The molecule has 0 amide bonds. The predicted octanol–water partition coefficient (Wildman–Crippen LogP) is 5.42. The summed E-state index contributed by atoms with van der Waals surface area (Å²) in [5.74, 6) is 0.469. The first-order valence-corrected chi connectivity index (χ1v) is 10.3. The zero-order chi connectivity index (χ0) is 21.7. The van der Waals surface area contributed by atoms with Gasteiger partial charge in [0, 0.05) is 18.8 Å². The molecule has 0 aliphatic heterocycles. The zero-order valence-electron chi connectivity index (χ0n) is 16.1. The summed E-state index contributed by atoms with van der Waals surface area (Å²) < 4.78 is 16.4. The number of rotatable bonds is 8. The highest BCUT2D eigenvalue weighted by Gasteiger charge is 2.23. The van der Waals surface area contributed by atoms with Gasteiger partial charge in [-0.2, -0.15) is 0 Å². The van der Waals surface area contributed by atoms with Crippen molar-refractivity contribution in [1.82, 2.24) is 4.98 Å². The molecule has 3 rings (SSSR count). The van der Waals surface area contributed by atoms with Gasteiger partial charge in [-0.25, -0.2) is 4.79 Å². The first-order chi connectivity index (χ1) is 14.5. The van der Waals surface area contributed by atoms with E-state index in [0.29, 0.717) is 48.7 Å². The van der Waals surface area contributed by atoms with E-state index < -0.39 is 12.1 Å². The van der Waals surface area contributed by atoms with E-state index in [1.165, 1.54) is 26.6 Å². The van der Waals surface area contributed by atoms with Crippen LogP contribution in [0.3, 0.4) is 0 Å². The van der Waals surface area contributed by atoms with Crippen molar-refractivity contribution in [1.29, 1.82) is 0 Å². The van der Waals surface area contributed by atoms with Crippen LogP contribution in [0.15, 0.2) is 42.7 Å². The molecule has 0 fully saturated rings. The van der Waals surface area contributed by atoms with Crippen LogP contribution in [0.5, 0.6) is 11.5 Å². The van der Waals surface area contributed by atoms with Crippen LogP contribution < -0.4 is 9.47 Å². The lowest BCUT2D eigenvalue weighted by Crippen LogP contribution is -2.14. The Morgan fingerprint density at radius 2 is 1.80 bits per heavy atom. The maximum Gasteiger partial charge on any atom is 0.348 e. The van der Waals surface area contributed by atoms with Crippen molar-refractivity contribution in [2.75, 3.05) is 14.2 Å². The van der Waals surface area contributed by atoms with Gasteiger partial charge in [0.2, 0.25) is 0 Å². The van der Waals surface area contributed by atoms with Crippen molar-refractivity contribution in [2.45, 2.75) is 12.5 Å². The number of hydrogen-bond acceptors (Lipinski definition) is 7. The van der Waals surface area contributed by atoms with E-state index in [4.69, 9.17) is 37.4 Å². The van der Waals surface area contributed by atoms with Gasteiger partial charge < -0.3 is 14.2 Å². The Kier molecular flexibility index (Phi) is 7.31. The molecule has 156 valence electrons. The Bertz CT molecular complexity index is 1050. The molecule has 0 saturated heterocycles. The second-order valence-electron chi connectivity index (χ2n) is 6.11. The van der Waals surface area contributed by atoms with Gasteiger partial charge in [-0.1, -0.05) is 29.3 Å². The number of pyridine rings is 1. The molecule has 0 bridgehead atoms. The molecule has 0 aliphatic rings. The van der Waals surface area contributed by atoms with Crippen LogP contribution in [-0.4, -0.2) is 31.5 Å². The quantitative estimate of drug-likeness (QED) is 0.326. The topological polar surface area (TPSA) is 74.7 Å². The summed E-state index contributed by atoms with van der Waals surface area (Å²) in [6.07, 6.45) is 3.13. The molecule has 1 atom stereocenters. The van der Waals surface area contributed by atoms with E-state index >= 15 is 0 Å². The van der Waals surface area contributed by atoms with Gasteiger partial charge in [0.05, 0.1) is 29.1 Å². The highest BCUT2D eigenvalue weighted by molar-refractivity contribution is 7.15. The van der Waals surface area contributed by atoms with Gasteiger partial charge in [0.1, 0.15) is 11.0 Å². The number of nitrogens with zero attached hydrogens (tertiary/aromatic N) is 1. The Hall–Kier alpha value is -2.61. The van der Waals surface area contributed by atoms with Crippen molar-refractivity contribution in [3.63, 3.8) is 0 Å². The van der Waals surface area contributed by atoms with Gasteiger partial charge in [-0.15, -0.1) is 11.3 Å². The molecule has 0 aliphatic carbocycles. The molecule has 3 aromatic rings. The number of halogens is 2. The molecule has 2 aromatic heterocycles. The van der Waals surface area contributed by atoms with Crippen molar-refractivity contribution < 1.29 is 23.8 Å². The lowest BCUT2D eigenvalue weighted by Gasteiger charge is -2.20. The van der Waals surface area contributed by atoms with E-state index in [2.05, 4.69) is 4.98 Å². The summed E-state index contributed by atoms with van der Waals surface area (Å²) in [7, 11) is 3.05. The van der Waals surface area contributed by atoms with Crippen molar-refractivity contribution >= 4 is 46.8 Å². The molecular formula is C21H17Cl2NO5S. The average Bonchev–Trinajstić information content (AvgIpc) is 3.24. The van der Waals surface area contributed by atoms with Gasteiger partial charge in [0.15, 0.2) is 17.8 Å². The number of aromatic nitrogens is 1. The third kappa shape index (κ3) is 4.92. The van der Waals surface area contributed by atoms with Crippen LogP contribution >= 0.6 is 34.5 Å². The number of ether oxygens (including phenoxy) is 3.